The Morgan fingerprint density at radius 3 is 2.38 bits per heavy atom. The number of aliphatic hydroxyl groups is 1. The van der Waals surface area contributed by atoms with E-state index in [4.69, 9.17) is 8.83 Å². The van der Waals surface area contributed by atoms with Gasteiger partial charge in [-0.25, -0.2) is 9.98 Å². The smallest absolute Gasteiger partial charge is 0.216 e. The summed E-state index contributed by atoms with van der Waals surface area (Å²) < 4.78 is 11.1. The van der Waals surface area contributed by atoms with Crippen molar-refractivity contribution in [3.8, 4) is 0 Å². The molecule has 2 aromatic rings. The maximum atomic E-state index is 10.8. The maximum absolute atomic E-state index is 10.8. The molecule has 0 saturated heterocycles. The topological polar surface area (TPSA) is 95.8 Å². The van der Waals surface area contributed by atoms with Crippen molar-refractivity contribution in [1.29, 1.82) is 0 Å². The van der Waals surface area contributed by atoms with Gasteiger partial charge in [-0.05, 0) is 47.6 Å². The summed E-state index contributed by atoms with van der Waals surface area (Å²) in [5.41, 5.74) is 0.568. The van der Waals surface area contributed by atoms with Crippen molar-refractivity contribution in [3.63, 3.8) is 0 Å². The summed E-state index contributed by atoms with van der Waals surface area (Å²) in [5.74, 6) is 3.46. The summed E-state index contributed by atoms with van der Waals surface area (Å²) in [5, 5.41) is 17.1. The first-order chi connectivity index (χ1) is 11.7. The Morgan fingerprint density at radius 1 is 1.19 bits per heavy atom. The molecule has 26 heavy (non-hydrogen) atoms. The van der Waals surface area contributed by atoms with Crippen LogP contribution in [0.2, 0.25) is 0 Å². The molecule has 1 unspecified atom stereocenters. The van der Waals surface area contributed by atoms with Gasteiger partial charge in [-0.1, -0.05) is 0 Å². The van der Waals surface area contributed by atoms with Crippen LogP contribution in [0.4, 0.5) is 0 Å². The van der Waals surface area contributed by atoms with Crippen molar-refractivity contribution in [2.45, 2.75) is 53.7 Å². The zero-order valence-electron chi connectivity index (χ0n) is 16.3. The lowest BCUT2D eigenvalue weighted by molar-refractivity contribution is 0.0601. The van der Waals surface area contributed by atoms with Crippen LogP contribution in [0.15, 0.2) is 19.9 Å². The second-order valence-corrected chi connectivity index (χ2v) is 6.40. The highest BCUT2D eigenvalue weighted by atomic mass is 127. The Bertz CT molecular complexity index is 730. The summed E-state index contributed by atoms with van der Waals surface area (Å²) in [6.45, 7) is 12.6. The fourth-order valence-corrected chi connectivity index (χ4v) is 2.61. The van der Waals surface area contributed by atoms with E-state index in [9.17, 15) is 5.11 Å². The molecule has 0 spiro atoms. The van der Waals surface area contributed by atoms with Gasteiger partial charge in [0.2, 0.25) is 5.89 Å². The van der Waals surface area contributed by atoms with Crippen LogP contribution < -0.4 is 10.6 Å². The number of aliphatic imine (C=N–C) groups is 1. The largest absolute Gasteiger partial charge is 0.466 e. The van der Waals surface area contributed by atoms with Gasteiger partial charge in [0, 0.05) is 12.1 Å². The number of rotatable bonds is 6. The van der Waals surface area contributed by atoms with E-state index in [1.54, 1.807) is 6.92 Å². The molecule has 8 heteroatoms. The van der Waals surface area contributed by atoms with Crippen molar-refractivity contribution >= 4 is 29.9 Å². The average Bonchev–Trinajstić information content (AvgIpc) is 3.04. The number of aromatic nitrogens is 1. The van der Waals surface area contributed by atoms with Gasteiger partial charge in [-0.2, -0.15) is 0 Å². The van der Waals surface area contributed by atoms with Crippen LogP contribution in [-0.2, 0) is 12.1 Å². The fraction of sp³-hybridized carbons (Fsp3) is 0.556. The number of hydrogen-bond acceptors (Lipinski definition) is 5. The van der Waals surface area contributed by atoms with E-state index >= 15 is 0 Å². The number of oxazole rings is 1. The molecule has 7 nitrogen and oxygen atoms in total. The van der Waals surface area contributed by atoms with E-state index in [0.717, 1.165) is 28.5 Å². The molecule has 2 aromatic heterocycles. The fourth-order valence-electron chi connectivity index (χ4n) is 2.61. The number of halogens is 1. The first-order valence-electron chi connectivity index (χ1n) is 8.48. The summed E-state index contributed by atoms with van der Waals surface area (Å²) in [7, 11) is 0. The molecule has 0 amide bonds. The molecular weight excluding hydrogens is 447 g/mol. The van der Waals surface area contributed by atoms with E-state index < -0.39 is 5.60 Å². The zero-order valence-corrected chi connectivity index (χ0v) is 18.6. The van der Waals surface area contributed by atoms with Gasteiger partial charge in [0.15, 0.2) is 5.96 Å². The van der Waals surface area contributed by atoms with Crippen molar-refractivity contribution in [1.82, 2.24) is 15.6 Å². The van der Waals surface area contributed by atoms with Crippen LogP contribution in [0.1, 0.15) is 48.3 Å². The van der Waals surface area contributed by atoms with Crippen molar-refractivity contribution in [2.75, 3.05) is 13.1 Å². The van der Waals surface area contributed by atoms with E-state index in [1.165, 1.54) is 0 Å². The third kappa shape index (κ3) is 5.73. The quantitative estimate of drug-likeness (QED) is 0.337. The molecule has 0 fully saturated rings. The number of guanidine groups is 1. The number of hydrogen-bond donors (Lipinski definition) is 3. The molecule has 146 valence electrons. The van der Waals surface area contributed by atoms with Crippen molar-refractivity contribution in [3.05, 3.63) is 40.5 Å². The van der Waals surface area contributed by atoms with E-state index in [0.29, 0.717) is 31.5 Å². The van der Waals surface area contributed by atoms with Gasteiger partial charge in [-0.3, -0.25) is 0 Å². The minimum absolute atomic E-state index is 0. The summed E-state index contributed by atoms with van der Waals surface area (Å²) >= 11 is 0. The standard InChI is InChI=1S/C18H28N4O3.HI/c1-7-19-17(20-9-16-22-12(3)13(4)25-16)21-10-18(6,23)15-8-11(2)24-14(15)5;/h8,23H,7,9-10H2,1-6H3,(H2,19,20,21);1H. The van der Waals surface area contributed by atoms with Gasteiger partial charge in [0.1, 0.15) is 29.4 Å². The molecule has 2 rings (SSSR count). The molecule has 3 N–H and O–H groups in total. The van der Waals surface area contributed by atoms with Gasteiger partial charge in [0.05, 0.1) is 12.2 Å². The summed E-state index contributed by atoms with van der Waals surface area (Å²) in [6, 6.07) is 1.86. The highest BCUT2D eigenvalue weighted by Crippen LogP contribution is 2.26. The lowest BCUT2D eigenvalue weighted by Gasteiger charge is -2.24. The molecule has 1 atom stereocenters. The Hall–Kier alpha value is -1.55. The van der Waals surface area contributed by atoms with Crippen LogP contribution in [0.25, 0.3) is 0 Å². The lowest BCUT2D eigenvalue weighted by Crippen LogP contribution is -2.44. The monoisotopic (exact) mass is 476 g/mol. The van der Waals surface area contributed by atoms with Crippen molar-refractivity contribution < 1.29 is 13.9 Å². The molecule has 0 aromatic carbocycles. The molecule has 0 saturated carbocycles. The maximum Gasteiger partial charge on any atom is 0.216 e. The van der Waals surface area contributed by atoms with Crippen LogP contribution in [0.5, 0.6) is 0 Å². The van der Waals surface area contributed by atoms with Gasteiger partial charge < -0.3 is 24.6 Å². The highest BCUT2D eigenvalue weighted by molar-refractivity contribution is 14.0. The third-order valence-corrected chi connectivity index (χ3v) is 4.01. The van der Waals surface area contributed by atoms with Gasteiger partial charge in [-0.15, -0.1) is 24.0 Å². The molecule has 0 radical (unpaired) electrons. The van der Waals surface area contributed by atoms with Gasteiger partial charge in [0.25, 0.3) is 0 Å². The van der Waals surface area contributed by atoms with E-state index in [1.807, 2.05) is 40.7 Å². The Kier molecular flexibility index (Phi) is 8.14. The zero-order chi connectivity index (χ0) is 18.6. The van der Waals surface area contributed by atoms with E-state index in [2.05, 4.69) is 20.6 Å². The second-order valence-electron chi connectivity index (χ2n) is 6.40. The number of furan rings is 1. The Balaban J connectivity index is 0.00000338. The number of nitrogens with one attached hydrogen (secondary N) is 2. The number of aryl methyl sites for hydroxylation is 4. The SMILES string of the molecule is CCNC(=NCc1nc(C)c(C)o1)NCC(C)(O)c1cc(C)oc1C.I. The van der Waals surface area contributed by atoms with E-state index in [-0.39, 0.29) is 24.0 Å². The molecular formula is C18H29IN4O3. The summed E-state index contributed by atoms with van der Waals surface area (Å²) in [6.07, 6.45) is 0. The number of nitrogens with zero attached hydrogens (tertiary/aromatic N) is 2. The minimum Gasteiger partial charge on any atom is -0.466 e. The summed E-state index contributed by atoms with van der Waals surface area (Å²) in [4.78, 5) is 8.79. The van der Waals surface area contributed by atoms with Gasteiger partial charge >= 0.3 is 0 Å². The molecule has 0 aliphatic heterocycles. The minimum atomic E-state index is -1.08. The molecule has 0 aliphatic rings. The van der Waals surface area contributed by atoms with Crippen molar-refractivity contribution in [2.24, 2.45) is 4.99 Å². The molecule has 2 heterocycles. The van der Waals surface area contributed by atoms with Crippen LogP contribution in [0.3, 0.4) is 0 Å². The normalized spacial score (nSPS) is 13.9. The third-order valence-electron chi connectivity index (χ3n) is 4.01. The first kappa shape index (κ1) is 22.5. The first-order valence-corrected chi connectivity index (χ1v) is 8.48. The lowest BCUT2D eigenvalue weighted by atomic mass is 9.96. The second kappa shape index (κ2) is 9.40. The van der Waals surface area contributed by atoms with Crippen LogP contribution >= 0.6 is 24.0 Å². The predicted molar refractivity (Wildman–Crippen MR) is 112 cm³/mol. The van der Waals surface area contributed by atoms with Crippen LogP contribution in [0, 0.1) is 27.7 Å². The Labute approximate surface area is 171 Å². The molecule has 0 aliphatic carbocycles. The predicted octanol–water partition coefficient (Wildman–Crippen LogP) is 3.08. The van der Waals surface area contributed by atoms with Crippen LogP contribution in [-0.4, -0.2) is 29.1 Å². The molecule has 0 bridgehead atoms. The average molecular weight is 476 g/mol. The highest BCUT2D eigenvalue weighted by Gasteiger charge is 2.27. The Morgan fingerprint density at radius 2 is 1.88 bits per heavy atom.